The molecular formula is C25H25N3OS. The lowest BCUT2D eigenvalue weighted by Gasteiger charge is -2.28. The molecule has 4 heterocycles. The molecule has 3 atom stereocenters. The summed E-state index contributed by atoms with van der Waals surface area (Å²) in [5.74, 6) is 1.06. The number of Topliss-reactive ketones (excluding diaryl/α,β-unsaturated/α-hetero) is 1. The minimum Gasteiger partial charge on any atom is -0.383 e. The molecule has 0 aliphatic carbocycles. The fourth-order valence-electron chi connectivity index (χ4n) is 4.31. The average Bonchev–Trinajstić information content (AvgIpc) is 3.14. The van der Waals surface area contributed by atoms with E-state index in [9.17, 15) is 4.79 Å². The van der Waals surface area contributed by atoms with Gasteiger partial charge in [0.2, 0.25) is 0 Å². The highest BCUT2D eigenvalue weighted by Crippen LogP contribution is 2.43. The summed E-state index contributed by atoms with van der Waals surface area (Å²) in [6.07, 6.45) is 1.87. The predicted molar refractivity (Wildman–Crippen MR) is 125 cm³/mol. The van der Waals surface area contributed by atoms with Gasteiger partial charge < -0.3 is 5.32 Å². The Balaban J connectivity index is 1.69. The van der Waals surface area contributed by atoms with Gasteiger partial charge in [0.15, 0.2) is 5.78 Å². The summed E-state index contributed by atoms with van der Waals surface area (Å²) in [5, 5.41) is 5.82. The van der Waals surface area contributed by atoms with Crippen LogP contribution in [0, 0.1) is 24.7 Å². The van der Waals surface area contributed by atoms with Crippen molar-refractivity contribution in [2.24, 2.45) is 17.8 Å². The van der Waals surface area contributed by atoms with Crippen LogP contribution >= 0.6 is 11.3 Å². The van der Waals surface area contributed by atoms with Gasteiger partial charge in [0.25, 0.3) is 0 Å². The third-order valence-corrected chi connectivity index (χ3v) is 7.82. The molecule has 4 nitrogen and oxygen atoms in total. The van der Waals surface area contributed by atoms with Gasteiger partial charge in [-0.2, -0.15) is 0 Å². The molecule has 0 fully saturated rings. The van der Waals surface area contributed by atoms with Crippen molar-refractivity contribution in [2.45, 2.75) is 27.7 Å². The highest BCUT2D eigenvalue weighted by molar-refractivity contribution is 7.21. The van der Waals surface area contributed by atoms with Crippen molar-refractivity contribution in [1.29, 1.82) is 0 Å². The van der Waals surface area contributed by atoms with Crippen molar-refractivity contribution in [3.05, 3.63) is 53.2 Å². The molecule has 1 N–H and O–H groups in total. The quantitative estimate of drug-likeness (QED) is 0.394. The molecule has 5 heteroatoms. The fraction of sp³-hybridized carbons (Fsp3) is 0.320. The molecule has 30 heavy (non-hydrogen) atoms. The van der Waals surface area contributed by atoms with Crippen LogP contribution in [-0.4, -0.2) is 22.3 Å². The van der Waals surface area contributed by atoms with Crippen LogP contribution in [0.5, 0.6) is 0 Å². The maximum Gasteiger partial charge on any atom is 0.178 e. The maximum absolute atomic E-state index is 13.3. The fourth-order valence-corrected chi connectivity index (χ4v) is 5.54. The number of aromatic nitrogens is 2. The first-order valence-electron chi connectivity index (χ1n) is 10.5. The molecule has 0 bridgehead atoms. The van der Waals surface area contributed by atoms with Crippen LogP contribution in [0.2, 0.25) is 0 Å². The number of nitrogens with zero attached hydrogens (tertiary/aromatic N) is 2. The van der Waals surface area contributed by atoms with Gasteiger partial charge in [-0.05, 0) is 55.2 Å². The summed E-state index contributed by atoms with van der Waals surface area (Å²) in [5.41, 5.74) is 4.84. The van der Waals surface area contributed by atoms with Crippen molar-refractivity contribution in [2.75, 3.05) is 11.9 Å². The largest absolute Gasteiger partial charge is 0.383 e. The van der Waals surface area contributed by atoms with Gasteiger partial charge in [-0.15, -0.1) is 11.3 Å². The summed E-state index contributed by atoms with van der Waals surface area (Å²) in [6, 6.07) is 12.4. The number of hydrogen-bond donors (Lipinski definition) is 1. The van der Waals surface area contributed by atoms with E-state index in [0.717, 1.165) is 55.0 Å². The number of ketones is 1. The van der Waals surface area contributed by atoms with Gasteiger partial charge in [-0.25, -0.2) is 4.98 Å². The first kappa shape index (κ1) is 19.2. The van der Waals surface area contributed by atoms with E-state index in [2.05, 4.69) is 61.4 Å². The van der Waals surface area contributed by atoms with Crippen LogP contribution in [0.15, 0.2) is 42.6 Å². The van der Waals surface area contributed by atoms with Crippen molar-refractivity contribution in [1.82, 2.24) is 9.97 Å². The van der Waals surface area contributed by atoms with E-state index in [1.807, 2.05) is 19.2 Å². The van der Waals surface area contributed by atoms with Gasteiger partial charge >= 0.3 is 0 Å². The van der Waals surface area contributed by atoms with E-state index in [1.54, 1.807) is 11.3 Å². The number of hydrogen-bond acceptors (Lipinski definition) is 5. The van der Waals surface area contributed by atoms with E-state index in [1.165, 1.54) is 0 Å². The maximum atomic E-state index is 13.3. The molecule has 4 aromatic rings. The molecule has 0 amide bonds. The molecule has 0 saturated carbocycles. The SMILES string of the molecule is Cc1ccc(-c2ccc3c(ccc4sc5c(c43)NCC(C)C(C)C(C)C5=O)n2)cn1. The highest BCUT2D eigenvalue weighted by atomic mass is 32.1. The number of rotatable bonds is 1. The Kier molecular flexibility index (Phi) is 4.58. The number of fused-ring (bicyclic) bond motifs is 5. The number of nitrogens with one attached hydrogen (secondary N) is 1. The van der Waals surface area contributed by atoms with Gasteiger partial charge in [0.05, 0.1) is 21.8 Å². The van der Waals surface area contributed by atoms with E-state index >= 15 is 0 Å². The number of carbonyl (C=O) groups is 1. The third kappa shape index (κ3) is 3.00. The van der Waals surface area contributed by atoms with Crippen molar-refractivity contribution >= 4 is 43.8 Å². The number of anilines is 1. The Morgan fingerprint density at radius 1 is 1.07 bits per heavy atom. The third-order valence-electron chi connectivity index (χ3n) is 6.65. The smallest absolute Gasteiger partial charge is 0.178 e. The lowest BCUT2D eigenvalue weighted by atomic mass is 9.81. The summed E-state index contributed by atoms with van der Waals surface area (Å²) in [4.78, 5) is 23.4. The van der Waals surface area contributed by atoms with Gasteiger partial charge in [-0.3, -0.25) is 9.78 Å². The van der Waals surface area contributed by atoms with E-state index < -0.39 is 0 Å². The monoisotopic (exact) mass is 415 g/mol. The number of aryl methyl sites for hydroxylation is 1. The van der Waals surface area contributed by atoms with Crippen molar-refractivity contribution in [3.8, 4) is 11.3 Å². The average molecular weight is 416 g/mol. The standard InChI is InChI=1S/C25H25N3OS/c1-13-11-27-23-22-18-7-8-19(17-6-5-14(2)26-12-17)28-20(18)9-10-21(22)30-25(23)24(29)16(4)15(13)3/h5-10,12-13,15-16,27H,11H2,1-4H3. The Morgan fingerprint density at radius 2 is 1.90 bits per heavy atom. The molecular weight excluding hydrogens is 390 g/mol. The minimum absolute atomic E-state index is 0.0268. The van der Waals surface area contributed by atoms with Crippen LogP contribution < -0.4 is 5.32 Å². The second kappa shape index (κ2) is 7.17. The summed E-state index contributed by atoms with van der Waals surface area (Å²) < 4.78 is 1.13. The molecule has 3 unspecified atom stereocenters. The van der Waals surface area contributed by atoms with Crippen LogP contribution in [-0.2, 0) is 0 Å². The van der Waals surface area contributed by atoms with E-state index in [4.69, 9.17) is 4.98 Å². The number of benzene rings is 1. The molecule has 5 rings (SSSR count). The molecule has 1 aliphatic rings. The van der Waals surface area contributed by atoms with Crippen LogP contribution in [0.25, 0.3) is 32.2 Å². The zero-order valence-electron chi connectivity index (χ0n) is 17.7. The number of thiophene rings is 1. The second-order valence-electron chi connectivity index (χ2n) is 8.57. The second-order valence-corrected chi connectivity index (χ2v) is 9.62. The number of pyridine rings is 2. The van der Waals surface area contributed by atoms with Gasteiger partial charge in [0.1, 0.15) is 0 Å². The van der Waals surface area contributed by atoms with Crippen LogP contribution in [0.4, 0.5) is 5.69 Å². The summed E-state index contributed by atoms with van der Waals surface area (Å²) in [6.45, 7) is 9.34. The van der Waals surface area contributed by atoms with E-state index in [-0.39, 0.29) is 11.7 Å². The topological polar surface area (TPSA) is 54.9 Å². The zero-order chi connectivity index (χ0) is 21.0. The summed E-state index contributed by atoms with van der Waals surface area (Å²) >= 11 is 1.60. The molecule has 0 saturated heterocycles. The lowest BCUT2D eigenvalue weighted by molar-refractivity contribution is 0.0871. The molecule has 1 aliphatic heterocycles. The molecule has 1 aromatic carbocycles. The normalized spacial score (nSPS) is 21.9. The van der Waals surface area contributed by atoms with Crippen LogP contribution in [0.3, 0.4) is 0 Å². The Hall–Kier alpha value is -2.79. The molecule has 0 radical (unpaired) electrons. The zero-order valence-corrected chi connectivity index (χ0v) is 18.5. The van der Waals surface area contributed by atoms with E-state index in [0.29, 0.717) is 11.8 Å². The lowest BCUT2D eigenvalue weighted by Crippen LogP contribution is -2.30. The Morgan fingerprint density at radius 3 is 2.67 bits per heavy atom. The van der Waals surface area contributed by atoms with Crippen LogP contribution in [0.1, 0.15) is 36.1 Å². The molecule has 152 valence electrons. The predicted octanol–water partition coefficient (Wildman–Crippen LogP) is 6.34. The number of carbonyl (C=O) groups excluding carboxylic acids is 1. The Bertz CT molecular complexity index is 1280. The summed E-state index contributed by atoms with van der Waals surface area (Å²) in [7, 11) is 0. The molecule has 0 spiro atoms. The molecule has 3 aromatic heterocycles. The first-order chi connectivity index (χ1) is 14.4. The Labute approximate surface area is 180 Å². The minimum atomic E-state index is 0.0268. The van der Waals surface area contributed by atoms with Crippen molar-refractivity contribution in [3.63, 3.8) is 0 Å². The van der Waals surface area contributed by atoms with Crippen molar-refractivity contribution < 1.29 is 4.79 Å². The first-order valence-corrected chi connectivity index (χ1v) is 11.3. The highest BCUT2D eigenvalue weighted by Gasteiger charge is 2.32. The van der Waals surface area contributed by atoms with Gasteiger partial charge in [-0.1, -0.05) is 20.8 Å². The van der Waals surface area contributed by atoms with Gasteiger partial charge in [0, 0.05) is 45.4 Å².